The molecule has 2 unspecified atom stereocenters. The largest absolute Gasteiger partial charge is 0.481 e. The van der Waals surface area contributed by atoms with Gasteiger partial charge in [0.1, 0.15) is 0 Å². The minimum Gasteiger partial charge on any atom is -0.481 e. The summed E-state index contributed by atoms with van der Waals surface area (Å²) in [6.45, 7) is 12.3. The molecule has 0 amide bonds. The molecule has 17 heavy (non-hydrogen) atoms. The molecule has 3 heteroatoms. The molecule has 3 nitrogen and oxygen atoms in total. The van der Waals surface area contributed by atoms with Crippen LogP contribution in [0.3, 0.4) is 0 Å². The average Bonchev–Trinajstić information content (AvgIpc) is 2.29. The molecule has 1 heterocycles. The molecule has 1 saturated heterocycles. The van der Waals surface area contributed by atoms with Gasteiger partial charge in [-0.3, -0.25) is 4.79 Å². The molecule has 0 saturated carbocycles. The summed E-state index contributed by atoms with van der Waals surface area (Å²) < 4.78 is 6.00. The standard InChI is InChI=1S/C14H26O3/c1-9(2)7-10(12(15)16)11-8-13(3,4)17-14(11,5)6/h9-11H,7-8H2,1-6H3,(H,15,16). The summed E-state index contributed by atoms with van der Waals surface area (Å²) in [6, 6.07) is 0. The van der Waals surface area contributed by atoms with Gasteiger partial charge in [0.05, 0.1) is 17.1 Å². The molecule has 0 spiro atoms. The fourth-order valence-corrected chi connectivity index (χ4v) is 3.18. The molecule has 2 atom stereocenters. The maximum atomic E-state index is 11.5. The fourth-order valence-electron chi connectivity index (χ4n) is 3.18. The van der Waals surface area contributed by atoms with Crippen molar-refractivity contribution in [3.8, 4) is 0 Å². The smallest absolute Gasteiger partial charge is 0.306 e. The van der Waals surface area contributed by atoms with Crippen LogP contribution < -0.4 is 0 Å². The summed E-state index contributed by atoms with van der Waals surface area (Å²) in [5, 5.41) is 9.43. The molecule has 1 aliphatic rings. The molecule has 0 aromatic heterocycles. The molecule has 0 aromatic rings. The molecule has 0 aliphatic carbocycles. The maximum absolute atomic E-state index is 11.5. The van der Waals surface area contributed by atoms with Gasteiger partial charge in [-0.1, -0.05) is 13.8 Å². The van der Waals surface area contributed by atoms with Crippen molar-refractivity contribution in [2.75, 3.05) is 0 Å². The second kappa shape index (κ2) is 4.60. The van der Waals surface area contributed by atoms with Crippen LogP contribution >= 0.6 is 0 Å². The molecular formula is C14H26O3. The lowest BCUT2D eigenvalue weighted by Gasteiger charge is -2.31. The first-order valence-corrected chi connectivity index (χ1v) is 6.48. The van der Waals surface area contributed by atoms with Crippen LogP contribution in [0.15, 0.2) is 0 Å². The van der Waals surface area contributed by atoms with Crippen LogP contribution in [-0.4, -0.2) is 22.3 Å². The van der Waals surface area contributed by atoms with Gasteiger partial charge in [0.25, 0.3) is 0 Å². The second-order valence-electron chi connectivity index (χ2n) is 6.85. The van der Waals surface area contributed by atoms with Gasteiger partial charge >= 0.3 is 5.97 Å². The number of aliphatic carboxylic acids is 1. The molecular weight excluding hydrogens is 216 g/mol. The minimum absolute atomic E-state index is 0.0948. The van der Waals surface area contributed by atoms with Crippen molar-refractivity contribution in [1.29, 1.82) is 0 Å². The van der Waals surface area contributed by atoms with Crippen molar-refractivity contribution in [1.82, 2.24) is 0 Å². The lowest BCUT2D eigenvalue weighted by atomic mass is 9.74. The van der Waals surface area contributed by atoms with E-state index in [1.165, 1.54) is 0 Å². The van der Waals surface area contributed by atoms with E-state index in [9.17, 15) is 9.90 Å². The number of carboxylic acid groups (broad SMARTS) is 1. The fraction of sp³-hybridized carbons (Fsp3) is 0.929. The Morgan fingerprint density at radius 1 is 1.35 bits per heavy atom. The van der Waals surface area contributed by atoms with Crippen LogP contribution in [-0.2, 0) is 9.53 Å². The highest BCUT2D eigenvalue weighted by Crippen LogP contribution is 2.47. The summed E-state index contributed by atoms with van der Waals surface area (Å²) in [7, 11) is 0. The van der Waals surface area contributed by atoms with Gasteiger partial charge in [0.2, 0.25) is 0 Å². The molecule has 1 aliphatic heterocycles. The monoisotopic (exact) mass is 242 g/mol. The van der Waals surface area contributed by atoms with Crippen molar-refractivity contribution in [3.05, 3.63) is 0 Å². The number of hydrogen-bond acceptors (Lipinski definition) is 2. The predicted molar refractivity (Wildman–Crippen MR) is 67.9 cm³/mol. The summed E-state index contributed by atoms with van der Waals surface area (Å²) >= 11 is 0. The summed E-state index contributed by atoms with van der Waals surface area (Å²) in [5.41, 5.74) is -0.555. The number of hydrogen-bond donors (Lipinski definition) is 1. The Bertz CT molecular complexity index is 292. The van der Waals surface area contributed by atoms with Gasteiger partial charge in [-0.05, 0) is 46.5 Å². The van der Waals surface area contributed by atoms with E-state index in [2.05, 4.69) is 13.8 Å². The lowest BCUT2D eigenvalue weighted by Crippen LogP contribution is -2.37. The molecule has 1 rings (SSSR count). The zero-order valence-electron chi connectivity index (χ0n) is 11.9. The highest BCUT2D eigenvalue weighted by molar-refractivity contribution is 5.70. The number of ether oxygens (including phenoxy) is 1. The highest BCUT2D eigenvalue weighted by Gasteiger charge is 2.50. The Balaban J connectivity index is 2.91. The zero-order valence-corrected chi connectivity index (χ0v) is 11.9. The summed E-state index contributed by atoms with van der Waals surface area (Å²) in [6.07, 6.45) is 1.55. The first-order valence-electron chi connectivity index (χ1n) is 6.48. The third kappa shape index (κ3) is 3.44. The average molecular weight is 242 g/mol. The first kappa shape index (κ1) is 14.5. The number of rotatable bonds is 4. The van der Waals surface area contributed by atoms with Crippen LogP contribution in [0, 0.1) is 17.8 Å². The lowest BCUT2D eigenvalue weighted by molar-refractivity contribution is -0.148. The van der Waals surface area contributed by atoms with Crippen LogP contribution in [0.25, 0.3) is 0 Å². The van der Waals surface area contributed by atoms with Gasteiger partial charge in [-0.25, -0.2) is 0 Å². The van der Waals surface area contributed by atoms with Crippen molar-refractivity contribution >= 4 is 5.97 Å². The Morgan fingerprint density at radius 3 is 2.18 bits per heavy atom. The van der Waals surface area contributed by atoms with E-state index < -0.39 is 5.97 Å². The van der Waals surface area contributed by atoms with Crippen LogP contribution in [0.4, 0.5) is 0 Å². The quantitative estimate of drug-likeness (QED) is 0.822. The number of carboxylic acids is 1. The Morgan fingerprint density at radius 2 is 1.88 bits per heavy atom. The van der Waals surface area contributed by atoms with Gasteiger partial charge < -0.3 is 9.84 Å². The van der Waals surface area contributed by atoms with Crippen molar-refractivity contribution < 1.29 is 14.6 Å². The predicted octanol–water partition coefficient (Wildman–Crippen LogP) is 3.33. The van der Waals surface area contributed by atoms with Gasteiger partial charge in [0.15, 0.2) is 0 Å². The molecule has 1 N–H and O–H groups in total. The van der Waals surface area contributed by atoms with Gasteiger partial charge in [0, 0.05) is 5.92 Å². The molecule has 1 fully saturated rings. The molecule has 0 radical (unpaired) electrons. The minimum atomic E-state index is -0.682. The summed E-state index contributed by atoms with van der Waals surface area (Å²) in [4.78, 5) is 11.5. The Hall–Kier alpha value is -0.570. The Kier molecular flexibility index (Phi) is 3.92. The van der Waals surface area contributed by atoms with E-state index in [0.29, 0.717) is 5.92 Å². The highest BCUT2D eigenvalue weighted by atomic mass is 16.5. The van der Waals surface area contributed by atoms with E-state index in [0.717, 1.165) is 12.8 Å². The Labute approximate surface area is 105 Å². The summed E-state index contributed by atoms with van der Waals surface area (Å²) in [5.74, 6) is -0.488. The number of carbonyl (C=O) groups is 1. The third-order valence-electron chi connectivity index (χ3n) is 3.67. The van der Waals surface area contributed by atoms with Crippen molar-refractivity contribution in [3.63, 3.8) is 0 Å². The van der Waals surface area contributed by atoms with Crippen LogP contribution in [0.2, 0.25) is 0 Å². The van der Waals surface area contributed by atoms with E-state index in [1.807, 2.05) is 27.7 Å². The first-order chi connectivity index (χ1) is 7.55. The van der Waals surface area contributed by atoms with Crippen LogP contribution in [0.1, 0.15) is 54.4 Å². The van der Waals surface area contributed by atoms with Gasteiger partial charge in [-0.15, -0.1) is 0 Å². The molecule has 0 bridgehead atoms. The topological polar surface area (TPSA) is 46.5 Å². The van der Waals surface area contributed by atoms with Gasteiger partial charge in [-0.2, -0.15) is 0 Å². The van der Waals surface area contributed by atoms with E-state index in [-0.39, 0.29) is 23.0 Å². The molecule has 0 aromatic carbocycles. The van der Waals surface area contributed by atoms with Crippen molar-refractivity contribution in [2.45, 2.75) is 65.6 Å². The van der Waals surface area contributed by atoms with E-state index in [1.54, 1.807) is 0 Å². The van der Waals surface area contributed by atoms with E-state index >= 15 is 0 Å². The van der Waals surface area contributed by atoms with E-state index in [4.69, 9.17) is 4.74 Å². The van der Waals surface area contributed by atoms with Crippen LogP contribution in [0.5, 0.6) is 0 Å². The molecule has 100 valence electrons. The maximum Gasteiger partial charge on any atom is 0.306 e. The normalized spacial score (nSPS) is 28.3. The second-order valence-corrected chi connectivity index (χ2v) is 6.85. The van der Waals surface area contributed by atoms with Crippen molar-refractivity contribution in [2.24, 2.45) is 17.8 Å². The zero-order chi connectivity index (χ0) is 13.4. The third-order valence-corrected chi connectivity index (χ3v) is 3.67. The SMILES string of the molecule is CC(C)CC(C(=O)O)C1CC(C)(C)OC1(C)C.